The van der Waals surface area contributed by atoms with Gasteiger partial charge in [-0.2, -0.15) is 8.78 Å². The second-order valence-electron chi connectivity index (χ2n) is 1.56. The Bertz CT molecular complexity index is 228. The average Bonchev–Trinajstić information content (AvgIpc) is 1.93. The third-order valence-corrected chi connectivity index (χ3v) is 1.59. The van der Waals surface area contributed by atoms with Crippen LogP contribution in [0.5, 0.6) is 0 Å². The van der Waals surface area contributed by atoms with Crippen LogP contribution in [0.2, 0.25) is 5.02 Å². The molecule has 0 radical (unpaired) electrons. The normalized spacial score (nSPS) is 10.5. The van der Waals surface area contributed by atoms with Gasteiger partial charge in [-0.1, -0.05) is 11.6 Å². The maximum Gasteiger partial charge on any atom is 0.291 e. The van der Waals surface area contributed by atoms with Crippen molar-refractivity contribution < 1.29 is 8.78 Å². The van der Waals surface area contributed by atoms with Crippen molar-refractivity contribution in [3.8, 4) is 0 Å². The highest BCUT2D eigenvalue weighted by Crippen LogP contribution is 2.21. The molecule has 2 nitrogen and oxygen atoms in total. The van der Waals surface area contributed by atoms with Crippen molar-refractivity contribution in [2.45, 2.75) is 10.9 Å². The first-order valence-corrected chi connectivity index (χ1v) is 3.86. The number of rotatable bonds is 2. The number of aromatic nitrogens is 2. The lowest BCUT2D eigenvalue weighted by molar-refractivity contribution is 0.251. The Hall–Kier alpha value is -0.420. The standard InChI is InChI=1S/C5H3ClF2N2S/c6-3-1-9-5(10-2-3)11-4(7)8/h1-2,4H. The highest BCUT2D eigenvalue weighted by molar-refractivity contribution is 7.99. The van der Waals surface area contributed by atoms with Gasteiger partial charge in [-0.25, -0.2) is 9.97 Å². The van der Waals surface area contributed by atoms with Crippen LogP contribution in [0.25, 0.3) is 0 Å². The summed E-state index contributed by atoms with van der Waals surface area (Å²) in [5.41, 5.74) is 0. The summed E-state index contributed by atoms with van der Waals surface area (Å²) in [5, 5.41) is 0.369. The quantitative estimate of drug-likeness (QED) is 0.537. The summed E-state index contributed by atoms with van der Waals surface area (Å²) in [7, 11) is 0. The van der Waals surface area contributed by atoms with E-state index in [1.165, 1.54) is 12.4 Å². The minimum absolute atomic E-state index is 0.0319. The van der Waals surface area contributed by atoms with Crippen molar-refractivity contribution in [1.29, 1.82) is 0 Å². The SMILES string of the molecule is FC(F)Sc1ncc(Cl)cn1. The summed E-state index contributed by atoms with van der Waals surface area (Å²) in [4.78, 5) is 7.12. The molecule has 0 aliphatic rings. The molecule has 1 heterocycles. The number of thioether (sulfide) groups is 1. The topological polar surface area (TPSA) is 25.8 Å². The van der Waals surface area contributed by atoms with E-state index in [9.17, 15) is 8.78 Å². The Morgan fingerprint density at radius 2 is 1.91 bits per heavy atom. The minimum Gasteiger partial charge on any atom is -0.229 e. The zero-order valence-corrected chi connectivity index (χ0v) is 6.74. The Balaban J connectivity index is 2.66. The van der Waals surface area contributed by atoms with Crippen molar-refractivity contribution >= 4 is 23.4 Å². The lowest BCUT2D eigenvalue weighted by Crippen LogP contribution is -1.88. The summed E-state index contributed by atoms with van der Waals surface area (Å²) in [6, 6.07) is 0. The second-order valence-corrected chi connectivity index (χ2v) is 2.96. The first kappa shape index (κ1) is 8.67. The molecule has 60 valence electrons. The molecule has 1 rings (SSSR count). The van der Waals surface area contributed by atoms with Gasteiger partial charge in [0, 0.05) is 0 Å². The van der Waals surface area contributed by atoms with E-state index in [0.29, 0.717) is 16.8 Å². The molecular weight excluding hydrogens is 194 g/mol. The summed E-state index contributed by atoms with van der Waals surface area (Å²) in [6.07, 6.45) is 2.55. The van der Waals surface area contributed by atoms with E-state index in [0.717, 1.165) is 0 Å². The fraction of sp³-hybridized carbons (Fsp3) is 0.200. The van der Waals surface area contributed by atoms with Crippen LogP contribution in [0.4, 0.5) is 8.78 Å². The largest absolute Gasteiger partial charge is 0.291 e. The Morgan fingerprint density at radius 3 is 2.36 bits per heavy atom. The molecule has 0 fully saturated rings. The highest BCUT2D eigenvalue weighted by atomic mass is 35.5. The summed E-state index contributed by atoms with van der Waals surface area (Å²) in [5.74, 6) is -2.49. The van der Waals surface area contributed by atoms with Gasteiger partial charge in [-0.15, -0.1) is 0 Å². The van der Waals surface area contributed by atoms with Gasteiger partial charge in [0.05, 0.1) is 17.4 Å². The molecule has 0 spiro atoms. The third kappa shape index (κ3) is 2.98. The van der Waals surface area contributed by atoms with Crippen molar-refractivity contribution in [2.24, 2.45) is 0 Å². The van der Waals surface area contributed by atoms with E-state index < -0.39 is 5.76 Å². The van der Waals surface area contributed by atoms with Crippen LogP contribution in [0.15, 0.2) is 17.6 Å². The van der Waals surface area contributed by atoms with Gasteiger partial charge in [0.25, 0.3) is 5.76 Å². The summed E-state index contributed by atoms with van der Waals surface area (Å²) in [6.45, 7) is 0. The van der Waals surface area contributed by atoms with Gasteiger partial charge in [-0.3, -0.25) is 0 Å². The zero-order chi connectivity index (χ0) is 8.27. The number of hydrogen-bond donors (Lipinski definition) is 0. The molecule has 0 saturated heterocycles. The molecule has 0 amide bonds. The van der Waals surface area contributed by atoms with Crippen molar-refractivity contribution in [1.82, 2.24) is 9.97 Å². The van der Waals surface area contributed by atoms with E-state index >= 15 is 0 Å². The van der Waals surface area contributed by atoms with E-state index in [1.807, 2.05) is 0 Å². The molecule has 1 aromatic heterocycles. The first-order valence-electron chi connectivity index (χ1n) is 2.61. The molecule has 0 unspecified atom stereocenters. The van der Waals surface area contributed by atoms with Crippen molar-refractivity contribution in [3.63, 3.8) is 0 Å². The molecule has 0 saturated carbocycles. The predicted octanol–water partition coefficient (Wildman–Crippen LogP) is 2.44. The number of hydrogen-bond acceptors (Lipinski definition) is 3. The van der Waals surface area contributed by atoms with Gasteiger partial charge >= 0.3 is 0 Å². The summed E-state index contributed by atoms with van der Waals surface area (Å²) < 4.78 is 23.3. The van der Waals surface area contributed by atoms with Crippen LogP contribution in [-0.2, 0) is 0 Å². The fourth-order valence-electron chi connectivity index (χ4n) is 0.441. The van der Waals surface area contributed by atoms with E-state index in [2.05, 4.69) is 9.97 Å². The van der Waals surface area contributed by atoms with Crippen LogP contribution in [0, 0.1) is 0 Å². The molecule has 0 aromatic carbocycles. The van der Waals surface area contributed by atoms with Gasteiger partial charge in [0.2, 0.25) is 0 Å². The number of nitrogens with zero attached hydrogens (tertiary/aromatic N) is 2. The van der Waals surface area contributed by atoms with Gasteiger partial charge in [0.1, 0.15) is 0 Å². The monoisotopic (exact) mass is 196 g/mol. The van der Waals surface area contributed by atoms with Crippen LogP contribution >= 0.6 is 23.4 Å². The van der Waals surface area contributed by atoms with Crippen LogP contribution < -0.4 is 0 Å². The Kier molecular flexibility index (Phi) is 3.02. The average molecular weight is 197 g/mol. The van der Waals surface area contributed by atoms with E-state index in [4.69, 9.17) is 11.6 Å². The van der Waals surface area contributed by atoms with Crippen molar-refractivity contribution in [2.75, 3.05) is 0 Å². The second kappa shape index (κ2) is 3.82. The van der Waals surface area contributed by atoms with Gasteiger partial charge < -0.3 is 0 Å². The minimum atomic E-state index is -2.49. The number of alkyl halides is 2. The molecule has 0 aliphatic carbocycles. The number of halogens is 3. The van der Waals surface area contributed by atoms with Gasteiger partial charge in [-0.05, 0) is 11.8 Å². The molecule has 0 bridgehead atoms. The molecular formula is C5H3ClF2N2S. The molecule has 11 heavy (non-hydrogen) atoms. The molecule has 1 aromatic rings. The Labute approximate surface area is 71.0 Å². The van der Waals surface area contributed by atoms with Crippen LogP contribution in [0.1, 0.15) is 0 Å². The first-order chi connectivity index (χ1) is 5.18. The maximum atomic E-state index is 11.7. The Morgan fingerprint density at radius 1 is 1.36 bits per heavy atom. The lowest BCUT2D eigenvalue weighted by atomic mass is 10.7. The fourth-order valence-corrected chi connectivity index (χ4v) is 0.925. The van der Waals surface area contributed by atoms with Crippen molar-refractivity contribution in [3.05, 3.63) is 17.4 Å². The van der Waals surface area contributed by atoms with E-state index in [1.54, 1.807) is 0 Å². The zero-order valence-electron chi connectivity index (χ0n) is 5.17. The van der Waals surface area contributed by atoms with Gasteiger partial charge in [0.15, 0.2) is 5.16 Å². The van der Waals surface area contributed by atoms with E-state index in [-0.39, 0.29) is 5.16 Å². The molecule has 0 N–H and O–H groups in total. The maximum absolute atomic E-state index is 11.7. The predicted molar refractivity (Wildman–Crippen MR) is 38.9 cm³/mol. The third-order valence-electron chi connectivity index (χ3n) is 0.791. The van der Waals surface area contributed by atoms with Crippen LogP contribution in [0.3, 0.4) is 0 Å². The lowest BCUT2D eigenvalue weighted by Gasteiger charge is -1.95. The summed E-state index contributed by atoms with van der Waals surface area (Å²) >= 11 is 5.72. The van der Waals surface area contributed by atoms with Crippen LogP contribution in [-0.4, -0.2) is 15.7 Å². The highest BCUT2D eigenvalue weighted by Gasteiger charge is 2.06. The molecule has 0 aliphatic heterocycles. The smallest absolute Gasteiger partial charge is 0.229 e. The molecule has 0 atom stereocenters. The molecule has 6 heteroatoms.